The van der Waals surface area contributed by atoms with Gasteiger partial charge >= 0.3 is 5.97 Å². The van der Waals surface area contributed by atoms with E-state index in [1.54, 1.807) is 13.8 Å². The minimum absolute atomic E-state index is 0.0303. The van der Waals surface area contributed by atoms with Crippen molar-refractivity contribution >= 4 is 41.4 Å². The third-order valence-corrected chi connectivity index (χ3v) is 5.24. The van der Waals surface area contributed by atoms with Crippen molar-refractivity contribution in [1.82, 2.24) is 16.0 Å². The number of hydrogen-bond acceptors (Lipinski definition) is 8. The number of aliphatic hydroxyl groups excluding tert-OH is 1. The van der Waals surface area contributed by atoms with E-state index in [9.17, 15) is 29.4 Å². The van der Waals surface area contributed by atoms with Crippen LogP contribution in [0.15, 0.2) is 4.99 Å². The highest BCUT2D eigenvalue weighted by Crippen LogP contribution is 2.06. The molecule has 0 aliphatic carbocycles. The summed E-state index contributed by atoms with van der Waals surface area (Å²) < 4.78 is 0. The van der Waals surface area contributed by atoms with Gasteiger partial charge in [0.05, 0.1) is 12.6 Å². The lowest BCUT2D eigenvalue weighted by molar-refractivity contribution is -0.142. The van der Waals surface area contributed by atoms with Crippen LogP contribution in [0.2, 0.25) is 0 Å². The topological polar surface area (TPSA) is 235 Å². The summed E-state index contributed by atoms with van der Waals surface area (Å²) in [6, 6.07) is -4.48. The van der Waals surface area contributed by atoms with Gasteiger partial charge in [0.1, 0.15) is 18.1 Å². The van der Waals surface area contributed by atoms with E-state index in [0.29, 0.717) is 12.2 Å². The number of carbonyl (C=O) groups excluding carboxylic acids is 3. The van der Waals surface area contributed by atoms with Gasteiger partial charge in [0, 0.05) is 6.54 Å². The first kappa shape index (κ1) is 30.4. The number of guanidine groups is 1. The second-order valence-electron chi connectivity index (χ2n) is 7.71. The third-order valence-electron chi connectivity index (χ3n) is 4.59. The highest BCUT2D eigenvalue weighted by atomic mass is 32.2. The molecular weight excluding hydrogens is 454 g/mol. The molecule has 190 valence electrons. The van der Waals surface area contributed by atoms with Gasteiger partial charge in [0.2, 0.25) is 17.7 Å². The van der Waals surface area contributed by atoms with Gasteiger partial charge in [-0.2, -0.15) is 11.8 Å². The van der Waals surface area contributed by atoms with Gasteiger partial charge < -0.3 is 43.4 Å². The zero-order valence-electron chi connectivity index (χ0n) is 19.2. The number of aliphatic hydroxyl groups is 1. The predicted molar refractivity (Wildman–Crippen MR) is 126 cm³/mol. The first-order valence-corrected chi connectivity index (χ1v) is 11.9. The number of rotatable bonds is 16. The summed E-state index contributed by atoms with van der Waals surface area (Å²) in [6.07, 6.45) is 2.63. The maximum absolute atomic E-state index is 12.7. The predicted octanol–water partition coefficient (Wildman–Crippen LogP) is -2.69. The summed E-state index contributed by atoms with van der Waals surface area (Å²) in [5.41, 5.74) is 16.3. The quantitative estimate of drug-likeness (QED) is 0.0632. The van der Waals surface area contributed by atoms with Gasteiger partial charge in [-0.1, -0.05) is 13.8 Å². The fraction of sp³-hybridized carbons (Fsp3) is 0.737. The summed E-state index contributed by atoms with van der Waals surface area (Å²) in [4.78, 5) is 52.7. The van der Waals surface area contributed by atoms with Gasteiger partial charge in [0.15, 0.2) is 5.96 Å². The highest BCUT2D eigenvalue weighted by molar-refractivity contribution is 7.98. The SMILES string of the molecule is CSCCC(N)C(=O)NC(C(=O)NC(CO)C(=O)NC(CCCN=C(N)N)C(=O)O)C(C)C. The number of nitrogens with two attached hydrogens (primary N) is 3. The minimum atomic E-state index is -1.42. The molecule has 0 heterocycles. The fourth-order valence-corrected chi connectivity index (χ4v) is 3.15. The normalized spacial score (nSPS) is 14.5. The summed E-state index contributed by atoms with van der Waals surface area (Å²) in [5, 5.41) is 26.1. The molecule has 0 aliphatic rings. The number of carbonyl (C=O) groups is 4. The number of carboxylic acids is 1. The molecule has 0 aliphatic heterocycles. The summed E-state index contributed by atoms with van der Waals surface area (Å²) >= 11 is 1.54. The first-order valence-electron chi connectivity index (χ1n) is 10.5. The van der Waals surface area contributed by atoms with Crippen molar-refractivity contribution in [2.75, 3.05) is 25.2 Å². The van der Waals surface area contributed by atoms with Gasteiger partial charge in [-0.15, -0.1) is 0 Å². The van der Waals surface area contributed by atoms with Gasteiger partial charge in [-0.25, -0.2) is 4.79 Å². The Hall–Kier alpha value is -2.58. The summed E-state index contributed by atoms with van der Waals surface area (Å²) in [6.45, 7) is 2.80. The number of nitrogens with one attached hydrogen (secondary N) is 3. The van der Waals surface area contributed by atoms with E-state index in [2.05, 4.69) is 20.9 Å². The fourth-order valence-electron chi connectivity index (χ4n) is 2.66. The average molecular weight is 492 g/mol. The van der Waals surface area contributed by atoms with E-state index in [0.717, 1.165) is 0 Å². The van der Waals surface area contributed by atoms with Crippen molar-refractivity contribution in [2.45, 2.75) is 57.3 Å². The van der Waals surface area contributed by atoms with E-state index in [1.807, 2.05) is 6.26 Å². The third kappa shape index (κ3) is 12.3. The number of carboxylic acid groups (broad SMARTS) is 1. The van der Waals surface area contributed by atoms with Gasteiger partial charge in [-0.05, 0) is 37.2 Å². The number of amides is 3. The lowest BCUT2D eigenvalue weighted by Crippen LogP contribution is -2.59. The lowest BCUT2D eigenvalue weighted by Gasteiger charge is -2.26. The number of thioether (sulfide) groups is 1. The van der Waals surface area contributed by atoms with Crippen LogP contribution in [0.25, 0.3) is 0 Å². The Labute approximate surface area is 197 Å². The molecule has 0 aromatic carbocycles. The molecule has 0 fully saturated rings. The summed E-state index contributed by atoms with van der Waals surface area (Å²) in [7, 11) is 0. The number of hydrogen-bond donors (Lipinski definition) is 8. The molecule has 4 atom stereocenters. The van der Waals surface area contributed by atoms with Crippen molar-refractivity contribution in [3.05, 3.63) is 0 Å². The largest absolute Gasteiger partial charge is 0.480 e. The molecule has 0 bridgehead atoms. The van der Waals surface area contributed by atoms with Crippen LogP contribution in [-0.2, 0) is 19.2 Å². The van der Waals surface area contributed by atoms with Crippen molar-refractivity contribution in [3.8, 4) is 0 Å². The standard InChI is InChI=1S/C19H37N7O6S/c1-10(2)14(26-15(28)11(20)6-8-33-3)17(30)25-13(9-27)16(29)24-12(18(31)32)5-4-7-23-19(21)22/h10-14,27H,4-9,20H2,1-3H3,(H,24,29)(H,25,30)(H,26,28)(H,31,32)(H4,21,22,23). The van der Waals surface area contributed by atoms with E-state index < -0.39 is 54.5 Å². The van der Waals surface area contributed by atoms with E-state index >= 15 is 0 Å². The van der Waals surface area contributed by atoms with Crippen LogP contribution in [0, 0.1) is 5.92 Å². The van der Waals surface area contributed by atoms with E-state index in [4.69, 9.17) is 17.2 Å². The Morgan fingerprint density at radius 3 is 2.06 bits per heavy atom. The lowest BCUT2D eigenvalue weighted by atomic mass is 10.0. The van der Waals surface area contributed by atoms with Crippen LogP contribution in [0.1, 0.15) is 33.1 Å². The summed E-state index contributed by atoms with van der Waals surface area (Å²) in [5.74, 6) is -3.18. The molecule has 0 aromatic heterocycles. The Kier molecular flexibility index (Phi) is 14.8. The van der Waals surface area contributed by atoms with Crippen molar-refractivity contribution in [2.24, 2.45) is 28.1 Å². The van der Waals surface area contributed by atoms with Crippen molar-refractivity contribution in [1.29, 1.82) is 0 Å². The van der Waals surface area contributed by atoms with Crippen LogP contribution in [-0.4, -0.2) is 89.2 Å². The van der Waals surface area contributed by atoms with Gasteiger partial charge in [0.25, 0.3) is 0 Å². The maximum Gasteiger partial charge on any atom is 0.326 e. The molecule has 13 nitrogen and oxygen atoms in total. The minimum Gasteiger partial charge on any atom is -0.480 e. The van der Waals surface area contributed by atoms with Crippen LogP contribution < -0.4 is 33.2 Å². The Morgan fingerprint density at radius 2 is 1.58 bits per heavy atom. The number of nitrogens with zero attached hydrogens (tertiary/aromatic N) is 1. The second-order valence-corrected chi connectivity index (χ2v) is 8.70. The molecular formula is C19H37N7O6S. The number of aliphatic carboxylic acids is 1. The maximum atomic E-state index is 12.7. The Bertz CT molecular complexity index is 688. The van der Waals surface area contributed by atoms with Crippen LogP contribution in [0.4, 0.5) is 0 Å². The highest BCUT2D eigenvalue weighted by Gasteiger charge is 2.31. The van der Waals surface area contributed by atoms with Crippen molar-refractivity contribution < 1.29 is 29.4 Å². The molecule has 0 saturated carbocycles. The Morgan fingerprint density at radius 1 is 0.970 bits per heavy atom. The van der Waals surface area contributed by atoms with E-state index in [-0.39, 0.29) is 31.3 Å². The smallest absolute Gasteiger partial charge is 0.326 e. The van der Waals surface area contributed by atoms with Gasteiger partial charge in [-0.3, -0.25) is 19.4 Å². The zero-order valence-corrected chi connectivity index (χ0v) is 20.1. The molecule has 11 N–H and O–H groups in total. The average Bonchev–Trinajstić information content (AvgIpc) is 2.74. The van der Waals surface area contributed by atoms with Crippen molar-refractivity contribution in [3.63, 3.8) is 0 Å². The Balaban J connectivity index is 5.07. The molecule has 14 heteroatoms. The van der Waals surface area contributed by atoms with E-state index in [1.165, 1.54) is 11.8 Å². The molecule has 0 radical (unpaired) electrons. The second kappa shape index (κ2) is 16.1. The molecule has 0 spiro atoms. The zero-order chi connectivity index (χ0) is 25.6. The molecule has 0 rings (SSSR count). The molecule has 0 saturated heterocycles. The molecule has 0 aromatic rings. The molecule has 4 unspecified atom stereocenters. The molecule has 3 amide bonds. The molecule has 33 heavy (non-hydrogen) atoms. The van der Waals surface area contributed by atoms with Crippen LogP contribution in [0.3, 0.4) is 0 Å². The van der Waals surface area contributed by atoms with Crippen LogP contribution >= 0.6 is 11.8 Å². The van der Waals surface area contributed by atoms with Crippen LogP contribution in [0.5, 0.6) is 0 Å². The number of aliphatic imine (C=N–C) groups is 1. The monoisotopic (exact) mass is 491 g/mol. The first-order chi connectivity index (χ1) is 15.4.